The number of aliphatic hydroxyl groups excluding tert-OH is 1. The van der Waals surface area contributed by atoms with Crippen LogP contribution in [0.5, 0.6) is 0 Å². The van der Waals surface area contributed by atoms with Crippen LogP contribution < -0.4 is 0 Å². The Labute approximate surface area is 133 Å². The summed E-state index contributed by atoms with van der Waals surface area (Å²) in [7, 11) is 0. The third-order valence-corrected chi connectivity index (χ3v) is 7.46. The van der Waals surface area contributed by atoms with Gasteiger partial charge < -0.3 is 5.11 Å². The number of allylic oxidation sites excluding steroid dienone is 2. The van der Waals surface area contributed by atoms with E-state index in [-0.39, 0.29) is 11.5 Å². The molecule has 0 aliphatic heterocycles. The van der Waals surface area contributed by atoms with E-state index in [4.69, 9.17) is 0 Å². The maximum Gasteiger partial charge on any atom is 0.155 e. The number of carbonyl (C=O) groups is 1. The SMILES string of the molecule is C=C1C[C@]2(C(C)O)CCC[C@H]2[C@@H]2CCC3=CC(=O)CC[C@@H]3[C@@H]12. The molecule has 0 spiro atoms. The second-order valence-electron chi connectivity index (χ2n) is 8.30. The molecule has 3 saturated carbocycles. The number of fused-ring (bicyclic) bond motifs is 5. The van der Waals surface area contributed by atoms with E-state index in [2.05, 4.69) is 6.58 Å². The number of aliphatic hydroxyl groups is 1. The summed E-state index contributed by atoms with van der Waals surface area (Å²) in [5.74, 6) is 2.82. The fourth-order valence-corrected chi connectivity index (χ4v) is 6.58. The summed E-state index contributed by atoms with van der Waals surface area (Å²) >= 11 is 0. The van der Waals surface area contributed by atoms with E-state index in [1.54, 1.807) is 0 Å². The Kier molecular flexibility index (Phi) is 3.38. The molecule has 1 unspecified atom stereocenters. The van der Waals surface area contributed by atoms with Gasteiger partial charge in [0.1, 0.15) is 0 Å². The second-order valence-corrected chi connectivity index (χ2v) is 8.30. The van der Waals surface area contributed by atoms with Crippen LogP contribution in [0.1, 0.15) is 58.3 Å². The zero-order valence-electron chi connectivity index (χ0n) is 13.7. The van der Waals surface area contributed by atoms with E-state index in [9.17, 15) is 9.90 Å². The molecule has 6 atom stereocenters. The van der Waals surface area contributed by atoms with Crippen molar-refractivity contribution >= 4 is 5.78 Å². The summed E-state index contributed by atoms with van der Waals surface area (Å²) in [6.45, 7) is 6.47. The highest BCUT2D eigenvalue weighted by Crippen LogP contribution is 2.64. The molecule has 4 aliphatic carbocycles. The molecular weight excluding hydrogens is 272 g/mol. The molecule has 4 rings (SSSR count). The molecule has 3 fully saturated rings. The van der Waals surface area contributed by atoms with Gasteiger partial charge in [-0.25, -0.2) is 0 Å². The van der Waals surface area contributed by atoms with E-state index in [0.29, 0.717) is 29.5 Å². The lowest BCUT2D eigenvalue weighted by Gasteiger charge is -2.55. The lowest BCUT2D eigenvalue weighted by Crippen LogP contribution is -2.50. The van der Waals surface area contributed by atoms with Gasteiger partial charge >= 0.3 is 0 Å². The summed E-state index contributed by atoms with van der Waals surface area (Å²) in [5, 5.41) is 10.5. The maximum absolute atomic E-state index is 11.8. The van der Waals surface area contributed by atoms with E-state index < -0.39 is 0 Å². The molecular formula is C20H28O2. The van der Waals surface area contributed by atoms with Crippen LogP contribution in [0.25, 0.3) is 0 Å². The fourth-order valence-electron chi connectivity index (χ4n) is 6.58. The average Bonchev–Trinajstić information content (AvgIpc) is 2.91. The van der Waals surface area contributed by atoms with Gasteiger partial charge in [0.15, 0.2) is 5.78 Å². The highest BCUT2D eigenvalue weighted by atomic mass is 16.3. The quantitative estimate of drug-likeness (QED) is 0.742. The summed E-state index contributed by atoms with van der Waals surface area (Å²) in [6.07, 6.45) is 10.5. The van der Waals surface area contributed by atoms with Crippen molar-refractivity contribution in [3.05, 3.63) is 23.8 Å². The van der Waals surface area contributed by atoms with Gasteiger partial charge in [0.25, 0.3) is 0 Å². The third kappa shape index (κ3) is 1.92. The summed E-state index contributed by atoms with van der Waals surface area (Å²) in [6, 6.07) is 0. The van der Waals surface area contributed by atoms with Gasteiger partial charge in [0, 0.05) is 11.8 Å². The average molecular weight is 300 g/mol. The van der Waals surface area contributed by atoms with Crippen molar-refractivity contribution in [2.75, 3.05) is 0 Å². The zero-order chi connectivity index (χ0) is 15.5. The number of rotatable bonds is 1. The van der Waals surface area contributed by atoms with Crippen LogP contribution in [0.2, 0.25) is 0 Å². The van der Waals surface area contributed by atoms with Gasteiger partial charge in [0.2, 0.25) is 0 Å². The van der Waals surface area contributed by atoms with E-state index in [1.807, 2.05) is 13.0 Å². The largest absolute Gasteiger partial charge is 0.393 e. The molecule has 0 aromatic rings. The van der Waals surface area contributed by atoms with Gasteiger partial charge in [0.05, 0.1) is 6.10 Å². The molecule has 0 amide bonds. The van der Waals surface area contributed by atoms with E-state index >= 15 is 0 Å². The molecule has 22 heavy (non-hydrogen) atoms. The molecule has 0 aromatic carbocycles. The van der Waals surface area contributed by atoms with Crippen molar-refractivity contribution < 1.29 is 9.90 Å². The predicted molar refractivity (Wildman–Crippen MR) is 87.2 cm³/mol. The first-order chi connectivity index (χ1) is 10.5. The van der Waals surface area contributed by atoms with Gasteiger partial charge in [-0.1, -0.05) is 24.1 Å². The highest BCUT2D eigenvalue weighted by Gasteiger charge is 2.57. The van der Waals surface area contributed by atoms with E-state index in [0.717, 1.165) is 25.7 Å². The van der Waals surface area contributed by atoms with Crippen LogP contribution in [0.15, 0.2) is 23.8 Å². The first-order valence-corrected chi connectivity index (χ1v) is 9.12. The number of ketones is 1. The topological polar surface area (TPSA) is 37.3 Å². The predicted octanol–water partition coefficient (Wildman–Crippen LogP) is 4.05. The molecule has 0 bridgehead atoms. The Morgan fingerprint density at radius 2 is 2.14 bits per heavy atom. The number of hydrogen-bond acceptors (Lipinski definition) is 2. The van der Waals surface area contributed by atoms with Crippen molar-refractivity contribution in [2.45, 2.75) is 64.4 Å². The molecule has 0 aromatic heterocycles. The Morgan fingerprint density at radius 1 is 1.32 bits per heavy atom. The van der Waals surface area contributed by atoms with Crippen LogP contribution in [-0.4, -0.2) is 17.0 Å². The minimum atomic E-state index is -0.220. The molecule has 2 nitrogen and oxygen atoms in total. The van der Waals surface area contributed by atoms with Crippen LogP contribution >= 0.6 is 0 Å². The van der Waals surface area contributed by atoms with Gasteiger partial charge in [-0.15, -0.1) is 0 Å². The minimum Gasteiger partial charge on any atom is -0.393 e. The molecule has 1 N–H and O–H groups in total. The highest BCUT2D eigenvalue weighted by molar-refractivity contribution is 5.91. The third-order valence-electron chi connectivity index (χ3n) is 7.46. The lowest BCUT2D eigenvalue weighted by molar-refractivity contribution is -0.116. The number of carbonyl (C=O) groups excluding carboxylic acids is 1. The molecule has 4 aliphatic rings. The molecule has 2 heteroatoms. The maximum atomic E-state index is 11.8. The standard InChI is InChI=1S/C20H28O2/c1-12-11-20(13(2)21)9-3-4-18(20)17-7-5-14-10-15(22)6-8-16(14)19(12)17/h10,13,16-19,21H,1,3-9,11H2,2H3/t13?,16-,17-,18-,19+,20-/m0/s1. The van der Waals surface area contributed by atoms with Gasteiger partial charge in [-0.2, -0.15) is 0 Å². The zero-order valence-corrected chi connectivity index (χ0v) is 13.7. The monoisotopic (exact) mass is 300 g/mol. The summed E-state index contributed by atoms with van der Waals surface area (Å²) in [5.41, 5.74) is 2.87. The van der Waals surface area contributed by atoms with E-state index in [1.165, 1.54) is 36.8 Å². The van der Waals surface area contributed by atoms with Crippen LogP contribution in [0.3, 0.4) is 0 Å². The van der Waals surface area contributed by atoms with Crippen LogP contribution in [0, 0.1) is 29.1 Å². The van der Waals surface area contributed by atoms with Gasteiger partial charge in [-0.3, -0.25) is 4.79 Å². The summed E-state index contributed by atoms with van der Waals surface area (Å²) in [4.78, 5) is 11.8. The first-order valence-electron chi connectivity index (χ1n) is 9.12. The van der Waals surface area contributed by atoms with Crippen molar-refractivity contribution in [1.82, 2.24) is 0 Å². The van der Waals surface area contributed by atoms with Crippen LogP contribution in [0.4, 0.5) is 0 Å². The lowest BCUT2D eigenvalue weighted by atomic mass is 9.49. The Bertz CT molecular complexity index is 544. The first kappa shape index (κ1) is 14.7. The molecule has 0 saturated heterocycles. The van der Waals surface area contributed by atoms with Crippen molar-refractivity contribution in [2.24, 2.45) is 29.1 Å². The Morgan fingerprint density at radius 3 is 2.91 bits per heavy atom. The fraction of sp³-hybridized carbons (Fsp3) is 0.750. The van der Waals surface area contributed by atoms with Crippen molar-refractivity contribution in [1.29, 1.82) is 0 Å². The second kappa shape index (κ2) is 5.06. The van der Waals surface area contributed by atoms with Crippen molar-refractivity contribution in [3.63, 3.8) is 0 Å². The minimum absolute atomic E-state index is 0.101. The Balaban J connectivity index is 1.70. The molecule has 0 heterocycles. The molecule has 0 radical (unpaired) electrons. The Hall–Kier alpha value is -0.890. The van der Waals surface area contributed by atoms with Gasteiger partial charge in [-0.05, 0) is 75.2 Å². The summed E-state index contributed by atoms with van der Waals surface area (Å²) < 4.78 is 0. The smallest absolute Gasteiger partial charge is 0.155 e. The van der Waals surface area contributed by atoms with Crippen molar-refractivity contribution in [3.8, 4) is 0 Å². The molecule has 120 valence electrons. The normalized spacial score (nSPS) is 45.6. The number of hydrogen-bond donors (Lipinski definition) is 1. The van der Waals surface area contributed by atoms with Crippen LogP contribution in [-0.2, 0) is 4.79 Å².